The normalized spacial score (nSPS) is 21.8. The Labute approximate surface area is 207 Å². The minimum Gasteiger partial charge on any atom is -0.482 e. The summed E-state index contributed by atoms with van der Waals surface area (Å²) in [4.78, 5) is 39.3. The number of ether oxygens (including phenoxy) is 2. The van der Waals surface area contributed by atoms with E-state index in [1.807, 2.05) is 36.4 Å². The number of carbonyl (C=O) groups excluding carboxylic acids is 3. The molecule has 1 aromatic carbocycles. The summed E-state index contributed by atoms with van der Waals surface area (Å²) < 4.78 is 11.1. The molecule has 1 N–H and O–H groups in total. The maximum Gasteiger partial charge on any atom is 0.416 e. The third kappa shape index (κ3) is 7.79. The zero-order chi connectivity index (χ0) is 25.0. The summed E-state index contributed by atoms with van der Waals surface area (Å²) in [6.45, 7) is 2.03. The van der Waals surface area contributed by atoms with E-state index >= 15 is 0 Å². The number of hydrogen-bond donors (Lipinski definition) is 1. The van der Waals surface area contributed by atoms with Gasteiger partial charge in [0.15, 0.2) is 11.9 Å². The molecule has 0 bridgehead atoms. The number of cyclic esters (lactones) is 1. The van der Waals surface area contributed by atoms with E-state index in [9.17, 15) is 14.4 Å². The van der Waals surface area contributed by atoms with Crippen LogP contribution in [0.1, 0.15) is 63.9 Å². The monoisotopic (exact) mass is 483 g/mol. The van der Waals surface area contributed by atoms with E-state index in [1.54, 1.807) is 13.0 Å². The van der Waals surface area contributed by atoms with E-state index in [2.05, 4.69) is 0 Å². The lowest BCUT2D eigenvalue weighted by Crippen LogP contribution is -2.48. The lowest BCUT2D eigenvalue weighted by molar-refractivity contribution is -0.142. The van der Waals surface area contributed by atoms with Crippen LogP contribution in [0.4, 0.5) is 4.79 Å². The molecule has 35 heavy (non-hydrogen) atoms. The molecule has 3 rings (SSSR count). The molecule has 0 unspecified atom stereocenters. The number of aliphatic hydroxyl groups is 1. The van der Waals surface area contributed by atoms with Crippen molar-refractivity contribution in [3.05, 3.63) is 59.9 Å². The van der Waals surface area contributed by atoms with Crippen molar-refractivity contribution in [2.45, 2.75) is 76.9 Å². The van der Waals surface area contributed by atoms with Gasteiger partial charge in [-0.2, -0.15) is 0 Å². The maximum atomic E-state index is 13.3. The van der Waals surface area contributed by atoms with Crippen LogP contribution in [0.5, 0.6) is 0 Å². The van der Waals surface area contributed by atoms with Crippen LogP contribution >= 0.6 is 0 Å². The summed E-state index contributed by atoms with van der Waals surface area (Å²) >= 11 is 0. The Bertz CT molecular complexity index is 909. The number of hydrogen-bond acceptors (Lipinski definition) is 6. The van der Waals surface area contributed by atoms with E-state index in [1.165, 1.54) is 12.5 Å². The fourth-order valence-corrected chi connectivity index (χ4v) is 4.47. The quantitative estimate of drug-likeness (QED) is 0.408. The number of aliphatic hydroxyl groups excluding tert-OH is 1. The van der Waals surface area contributed by atoms with Crippen molar-refractivity contribution < 1.29 is 29.0 Å². The number of amides is 2. The largest absolute Gasteiger partial charge is 0.482 e. The van der Waals surface area contributed by atoms with Gasteiger partial charge in [0.25, 0.3) is 0 Å². The highest BCUT2D eigenvalue weighted by Gasteiger charge is 2.43. The van der Waals surface area contributed by atoms with Crippen molar-refractivity contribution in [2.24, 2.45) is 5.92 Å². The van der Waals surface area contributed by atoms with E-state index in [0.717, 1.165) is 55.4 Å². The first kappa shape index (κ1) is 26.7. The van der Waals surface area contributed by atoms with Crippen molar-refractivity contribution in [2.75, 3.05) is 13.2 Å². The lowest BCUT2D eigenvalue weighted by Gasteiger charge is -2.29. The Morgan fingerprint density at radius 2 is 1.74 bits per heavy atom. The van der Waals surface area contributed by atoms with Crippen LogP contribution in [0.25, 0.3) is 0 Å². The second-order valence-electron chi connectivity index (χ2n) is 9.29. The van der Waals surface area contributed by atoms with Gasteiger partial charge in [-0.1, -0.05) is 62.4 Å². The zero-order valence-corrected chi connectivity index (χ0v) is 20.6. The molecule has 0 radical (unpaired) electrons. The van der Waals surface area contributed by atoms with Crippen LogP contribution < -0.4 is 0 Å². The predicted molar refractivity (Wildman–Crippen MR) is 132 cm³/mol. The van der Waals surface area contributed by atoms with Gasteiger partial charge >= 0.3 is 6.09 Å². The Hall–Kier alpha value is -2.93. The summed E-state index contributed by atoms with van der Waals surface area (Å²) in [5, 5.41) is 8.81. The van der Waals surface area contributed by atoms with Crippen LogP contribution in [0.15, 0.2) is 54.3 Å². The number of unbranched alkanes of at least 4 members (excludes halogenated alkanes) is 7. The topological polar surface area (TPSA) is 93.1 Å². The zero-order valence-electron chi connectivity index (χ0n) is 20.6. The first-order valence-corrected chi connectivity index (χ1v) is 12.7. The molecule has 2 heterocycles. The molecule has 2 amide bonds. The first-order chi connectivity index (χ1) is 17.0. The highest BCUT2D eigenvalue weighted by atomic mass is 16.6. The van der Waals surface area contributed by atoms with E-state index in [4.69, 9.17) is 14.6 Å². The van der Waals surface area contributed by atoms with Crippen LogP contribution in [0.3, 0.4) is 0 Å². The van der Waals surface area contributed by atoms with E-state index in [-0.39, 0.29) is 19.0 Å². The van der Waals surface area contributed by atoms with Crippen LogP contribution in [-0.4, -0.2) is 53.1 Å². The number of allylic oxidation sites excluding steroid dienone is 2. The molecule has 0 aliphatic carbocycles. The van der Waals surface area contributed by atoms with E-state index < -0.39 is 30.1 Å². The van der Waals surface area contributed by atoms with Gasteiger partial charge in [-0.05, 0) is 56.4 Å². The summed E-state index contributed by atoms with van der Waals surface area (Å²) in [7, 11) is 0. The fourth-order valence-electron chi connectivity index (χ4n) is 4.47. The third-order valence-corrected chi connectivity index (χ3v) is 6.52. The third-order valence-electron chi connectivity index (χ3n) is 6.52. The van der Waals surface area contributed by atoms with Crippen LogP contribution in [0.2, 0.25) is 0 Å². The molecule has 0 aromatic heterocycles. The second-order valence-corrected chi connectivity index (χ2v) is 9.29. The standard InChI is InChI=1S/C28H37NO6/c1-21(27(32)29-23(20-34-28(29)33)19-22-13-9-8-10-14-22)26-25(31)17-16-24(35-26)15-11-6-4-2-3-5-7-12-18-30/h8-10,13-17,21,23,26,30H,2-7,11-12,18-20H2,1H3/t21-,23-,26-/m0/s1. The molecule has 2 aliphatic rings. The molecule has 0 spiro atoms. The second kappa shape index (κ2) is 13.8. The average Bonchev–Trinajstić information content (AvgIpc) is 3.23. The summed E-state index contributed by atoms with van der Waals surface area (Å²) in [5.74, 6) is -0.971. The van der Waals surface area contributed by atoms with Crippen molar-refractivity contribution in [3.63, 3.8) is 0 Å². The molecule has 3 atom stereocenters. The summed E-state index contributed by atoms with van der Waals surface area (Å²) in [6.07, 6.45) is 12.3. The van der Waals surface area contributed by atoms with E-state index in [0.29, 0.717) is 12.2 Å². The highest BCUT2D eigenvalue weighted by Crippen LogP contribution is 2.26. The van der Waals surface area contributed by atoms with Gasteiger partial charge in [-0.15, -0.1) is 0 Å². The molecular weight excluding hydrogens is 446 g/mol. The van der Waals surface area contributed by atoms with Crippen molar-refractivity contribution in [1.82, 2.24) is 4.90 Å². The molecule has 1 fully saturated rings. The Kier molecular flexibility index (Phi) is 10.5. The Morgan fingerprint density at radius 1 is 1.06 bits per heavy atom. The maximum absolute atomic E-state index is 13.3. The Morgan fingerprint density at radius 3 is 2.46 bits per heavy atom. The number of ketones is 1. The molecular formula is C28H37NO6. The van der Waals surface area contributed by atoms with Crippen LogP contribution in [-0.2, 0) is 25.5 Å². The van der Waals surface area contributed by atoms with Crippen molar-refractivity contribution in [1.29, 1.82) is 0 Å². The predicted octanol–water partition coefficient (Wildman–Crippen LogP) is 4.73. The van der Waals surface area contributed by atoms with Gasteiger partial charge in [0.05, 0.1) is 12.0 Å². The minimum absolute atomic E-state index is 0.137. The van der Waals surface area contributed by atoms with Gasteiger partial charge in [0, 0.05) is 6.61 Å². The number of carbonyl (C=O) groups is 3. The number of imide groups is 1. The van der Waals surface area contributed by atoms with Gasteiger partial charge in [-0.3, -0.25) is 9.59 Å². The number of benzene rings is 1. The fraction of sp³-hybridized carbons (Fsp3) is 0.536. The van der Waals surface area contributed by atoms with Crippen molar-refractivity contribution in [3.8, 4) is 0 Å². The molecule has 2 aliphatic heterocycles. The molecule has 7 nitrogen and oxygen atoms in total. The Balaban J connectivity index is 1.52. The minimum atomic E-state index is -0.962. The van der Waals surface area contributed by atoms with Gasteiger partial charge in [0.1, 0.15) is 12.4 Å². The van der Waals surface area contributed by atoms with Crippen LogP contribution in [0, 0.1) is 5.92 Å². The average molecular weight is 484 g/mol. The summed E-state index contributed by atoms with van der Waals surface area (Å²) in [5.41, 5.74) is 1.00. The molecule has 0 saturated carbocycles. The van der Waals surface area contributed by atoms with Gasteiger partial charge in [0.2, 0.25) is 5.91 Å². The molecule has 190 valence electrons. The van der Waals surface area contributed by atoms with Gasteiger partial charge < -0.3 is 14.6 Å². The highest BCUT2D eigenvalue weighted by molar-refractivity contribution is 6.01. The van der Waals surface area contributed by atoms with Gasteiger partial charge in [-0.25, -0.2) is 9.69 Å². The molecule has 7 heteroatoms. The summed E-state index contributed by atoms with van der Waals surface area (Å²) in [6, 6.07) is 9.22. The lowest BCUT2D eigenvalue weighted by atomic mass is 9.96. The molecule has 1 saturated heterocycles. The number of rotatable bonds is 13. The smallest absolute Gasteiger partial charge is 0.416 e. The SMILES string of the molecule is C[C@H](C(=O)N1C(=O)OC[C@@H]1Cc1ccccc1)[C@@H]1OC(=CCCCCCCCCCO)C=CC1=O. The first-order valence-electron chi connectivity index (χ1n) is 12.7. The molecule has 1 aromatic rings. The van der Waals surface area contributed by atoms with Crippen molar-refractivity contribution >= 4 is 17.8 Å². The number of nitrogens with zero attached hydrogens (tertiary/aromatic N) is 1.